The van der Waals surface area contributed by atoms with E-state index in [0.29, 0.717) is 10.8 Å². The highest BCUT2D eigenvalue weighted by atomic mass is 35.5. The third kappa shape index (κ3) is 2.00. The molecular formula is C14H17ClO3. The van der Waals surface area contributed by atoms with Crippen molar-refractivity contribution in [1.82, 2.24) is 0 Å². The Kier molecular flexibility index (Phi) is 3.22. The van der Waals surface area contributed by atoms with Gasteiger partial charge in [-0.25, -0.2) is 0 Å². The van der Waals surface area contributed by atoms with Crippen LogP contribution in [-0.2, 0) is 4.74 Å². The minimum Gasteiger partial charge on any atom is -0.460 e. The van der Waals surface area contributed by atoms with E-state index in [1.54, 1.807) is 0 Å². The highest BCUT2D eigenvalue weighted by Gasteiger charge is 2.43. The van der Waals surface area contributed by atoms with Crippen LogP contribution in [0.5, 0.6) is 5.75 Å². The summed E-state index contributed by atoms with van der Waals surface area (Å²) in [5.74, 6) is 0.107. The average Bonchev–Trinajstić information content (AvgIpc) is 2.40. The summed E-state index contributed by atoms with van der Waals surface area (Å²) in [6.45, 7) is -0.0432. The van der Waals surface area contributed by atoms with E-state index in [0.717, 1.165) is 31.2 Å². The van der Waals surface area contributed by atoms with E-state index in [9.17, 15) is 5.11 Å². The van der Waals surface area contributed by atoms with Gasteiger partial charge in [0.15, 0.2) is 0 Å². The molecule has 1 aromatic carbocycles. The van der Waals surface area contributed by atoms with Crippen molar-refractivity contribution in [1.29, 1.82) is 0 Å². The van der Waals surface area contributed by atoms with E-state index in [2.05, 4.69) is 0 Å². The minimum atomic E-state index is -0.580. The quantitative estimate of drug-likeness (QED) is 0.848. The molecule has 1 unspecified atom stereocenters. The molecule has 0 saturated heterocycles. The smallest absolute Gasteiger partial charge is 0.211 e. The maximum absolute atomic E-state index is 9.52. The minimum absolute atomic E-state index is 0.0432. The van der Waals surface area contributed by atoms with Crippen LogP contribution in [0, 0.1) is 0 Å². The SMILES string of the molecule is OCC1OC2(CCCCC2)Oc2c(Cl)cccc21. The molecule has 1 spiro atoms. The maximum atomic E-state index is 9.52. The summed E-state index contributed by atoms with van der Waals surface area (Å²) in [7, 11) is 0. The Labute approximate surface area is 112 Å². The zero-order chi connectivity index (χ0) is 12.6. The molecule has 1 aliphatic carbocycles. The van der Waals surface area contributed by atoms with Gasteiger partial charge in [0.25, 0.3) is 0 Å². The van der Waals surface area contributed by atoms with Crippen LogP contribution in [0.15, 0.2) is 18.2 Å². The first-order valence-electron chi connectivity index (χ1n) is 6.50. The Morgan fingerprint density at radius 1 is 1.28 bits per heavy atom. The van der Waals surface area contributed by atoms with Crippen LogP contribution in [0.1, 0.15) is 43.8 Å². The number of ether oxygens (including phenoxy) is 2. The van der Waals surface area contributed by atoms with Crippen molar-refractivity contribution in [2.75, 3.05) is 6.61 Å². The van der Waals surface area contributed by atoms with Gasteiger partial charge in [-0.15, -0.1) is 0 Å². The second kappa shape index (κ2) is 4.72. The lowest BCUT2D eigenvalue weighted by molar-refractivity contribution is -0.250. The number of para-hydroxylation sites is 1. The molecule has 1 aromatic rings. The van der Waals surface area contributed by atoms with Gasteiger partial charge in [0.1, 0.15) is 11.9 Å². The summed E-state index contributed by atoms with van der Waals surface area (Å²) in [5, 5.41) is 10.1. The summed E-state index contributed by atoms with van der Waals surface area (Å²) in [6.07, 6.45) is 4.82. The van der Waals surface area contributed by atoms with Gasteiger partial charge in [-0.1, -0.05) is 30.2 Å². The van der Waals surface area contributed by atoms with Gasteiger partial charge in [-0.05, 0) is 18.9 Å². The molecule has 98 valence electrons. The summed E-state index contributed by atoms with van der Waals surface area (Å²) in [6, 6.07) is 5.57. The van der Waals surface area contributed by atoms with Crippen molar-refractivity contribution in [2.24, 2.45) is 0 Å². The number of rotatable bonds is 1. The lowest BCUT2D eigenvalue weighted by Gasteiger charge is -2.44. The molecule has 1 atom stereocenters. The number of benzene rings is 1. The Hall–Kier alpha value is -0.770. The molecule has 1 fully saturated rings. The van der Waals surface area contributed by atoms with Gasteiger partial charge in [-0.2, -0.15) is 0 Å². The Balaban J connectivity index is 2.00. The monoisotopic (exact) mass is 268 g/mol. The molecule has 18 heavy (non-hydrogen) atoms. The summed E-state index contributed by atoms with van der Waals surface area (Å²) in [5.41, 5.74) is 0.848. The van der Waals surface area contributed by atoms with Crippen molar-refractivity contribution in [3.63, 3.8) is 0 Å². The molecule has 1 aliphatic heterocycles. The Morgan fingerprint density at radius 2 is 2.06 bits per heavy atom. The Bertz CT molecular complexity index is 441. The molecule has 1 N–H and O–H groups in total. The van der Waals surface area contributed by atoms with E-state index >= 15 is 0 Å². The van der Waals surface area contributed by atoms with Crippen molar-refractivity contribution in [2.45, 2.75) is 44.0 Å². The summed E-state index contributed by atoms with van der Waals surface area (Å²) in [4.78, 5) is 0. The first-order chi connectivity index (χ1) is 8.74. The molecular weight excluding hydrogens is 252 g/mol. The standard InChI is InChI=1S/C14H17ClO3/c15-11-6-4-5-10-12(9-16)17-14(18-13(10)11)7-2-1-3-8-14/h4-6,12,16H,1-3,7-9H2. The zero-order valence-corrected chi connectivity index (χ0v) is 10.9. The van der Waals surface area contributed by atoms with Crippen LogP contribution in [0.2, 0.25) is 5.02 Å². The highest BCUT2D eigenvalue weighted by molar-refractivity contribution is 6.32. The third-order valence-corrected chi connectivity index (χ3v) is 4.07. The predicted molar refractivity (Wildman–Crippen MR) is 68.8 cm³/mol. The second-order valence-electron chi connectivity index (χ2n) is 5.02. The first-order valence-corrected chi connectivity index (χ1v) is 6.88. The lowest BCUT2D eigenvalue weighted by atomic mass is 9.92. The first kappa shape index (κ1) is 12.3. The number of aliphatic hydroxyl groups excluding tert-OH is 1. The molecule has 4 heteroatoms. The van der Waals surface area contributed by atoms with Crippen LogP contribution in [0.3, 0.4) is 0 Å². The third-order valence-electron chi connectivity index (χ3n) is 3.77. The van der Waals surface area contributed by atoms with E-state index < -0.39 is 5.79 Å². The fraction of sp³-hybridized carbons (Fsp3) is 0.571. The zero-order valence-electron chi connectivity index (χ0n) is 10.2. The van der Waals surface area contributed by atoms with E-state index in [4.69, 9.17) is 21.1 Å². The highest BCUT2D eigenvalue weighted by Crippen LogP contribution is 2.47. The van der Waals surface area contributed by atoms with Crippen LogP contribution in [0.4, 0.5) is 0 Å². The number of aliphatic hydroxyl groups is 1. The Morgan fingerprint density at radius 3 is 2.78 bits per heavy atom. The number of hydrogen-bond acceptors (Lipinski definition) is 3. The van der Waals surface area contributed by atoms with E-state index in [1.807, 2.05) is 18.2 Å². The van der Waals surface area contributed by atoms with Gasteiger partial charge in [-0.3, -0.25) is 0 Å². The molecule has 2 aliphatic rings. The molecule has 0 radical (unpaired) electrons. The fourth-order valence-corrected chi connectivity index (χ4v) is 3.09. The van der Waals surface area contributed by atoms with Crippen LogP contribution in [-0.4, -0.2) is 17.5 Å². The average molecular weight is 269 g/mol. The van der Waals surface area contributed by atoms with Crippen molar-refractivity contribution >= 4 is 11.6 Å². The van der Waals surface area contributed by atoms with Gasteiger partial charge in [0.05, 0.1) is 11.6 Å². The van der Waals surface area contributed by atoms with Crippen molar-refractivity contribution in [3.8, 4) is 5.75 Å². The normalized spacial score (nSPS) is 25.6. The summed E-state index contributed by atoms with van der Waals surface area (Å²) >= 11 is 6.20. The number of fused-ring (bicyclic) bond motifs is 1. The molecule has 1 heterocycles. The maximum Gasteiger partial charge on any atom is 0.211 e. The molecule has 3 nitrogen and oxygen atoms in total. The van der Waals surface area contributed by atoms with E-state index in [1.165, 1.54) is 6.42 Å². The van der Waals surface area contributed by atoms with Crippen LogP contribution >= 0.6 is 11.6 Å². The largest absolute Gasteiger partial charge is 0.460 e. The fourth-order valence-electron chi connectivity index (χ4n) is 2.87. The summed E-state index contributed by atoms with van der Waals surface area (Å²) < 4.78 is 12.1. The van der Waals surface area contributed by atoms with Gasteiger partial charge >= 0.3 is 0 Å². The van der Waals surface area contributed by atoms with Crippen molar-refractivity contribution in [3.05, 3.63) is 28.8 Å². The lowest BCUT2D eigenvalue weighted by Crippen LogP contribution is -2.45. The van der Waals surface area contributed by atoms with Gasteiger partial charge < -0.3 is 14.6 Å². The topological polar surface area (TPSA) is 38.7 Å². The van der Waals surface area contributed by atoms with Gasteiger partial charge in [0.2, 0.25) is 5.79 Å². The second-order valence-corrected chi connectivity index (χ2v) is 5.43. The van der Waals surface area contributed by atoms with E-state index in [-0.39, 0.29) is 12.7 Å². The molecule has 0 amide bonds. The van der Waals surface area contributed by atoms with Crippen LogP contribution < -0.4 is 4.74 Å². The molecule has 3 rings (SSSR count). The molecule has 0 bridgehead atoms. The number of hydrogen-bond donors (Lipinski definition) is 1. The molecule has 0 aromatic heterocycles. The molecule has 1 saturated carbocycles. The van der Waals surface area contributed by atoms with Crippen LogP contribution in [0.25, 0.3) is 0 Å². The van der Waals surface area contributed by atoms with Gasteiger partial charge in [0, 0.05) is 18.4 Å². The number of halogens is 1. The predicted octanol–water partition coefficient (Wildman–Crippen LogP) is 3.44. The van der Waals surface area contributed by atoms with Crippen molar-refractivity contribution < 1.29 is 14.6 Å².